The van der Waals surface area contributed by atoms with Gasteiger partial charge in [-0.25, -0.2) is 0 Å². The standard InChI is InChI=1S/C18H28N2/c1-14-7-9-17(10-8-14)20(2)13-16-12-19-11-15-5-3-4-6-18(15)16/h3-6,14,16-17,19H,7-13H2,1-2H3. The zero-order valence-corrected chi connectivity index (χ0v) is 12.9. The van der Waals surface area contributed by atoms with Crippen LogP contribution in [-0.2, 0) is 6.54 Å². The van der Waals surface area contributed by atoms with Crippen molar-refractivity contribution in [3.63, 3.8) is 0 Å². The molecular weight excluding hydrogens is 244 g/mol. The molecule has 1 aliphatic carbocycles. The lowest BCUT2D eigenvalue weighted by atomic mass is 9.85. The fourth-order valence-corrected chi connectivity index (χ4v) is 3.93. The molecule has 1 saturated carbocycles. The lowest BCUT2D eigenvalue weighted by Crippen LogP contribution is -2.41. The zero-order chi connectivity index (χ0) is 13.9. The summed E-state index contributed by atoms with van der Waals surface area (Å²) in [7, 11) is 2.33. The first-order valence-electron chi connectivity index (χ1n) is 8.23. The van der Waals surface area contributed by atoms with Crippen molar-refractivity contribution < 1.29 is 0 Å². The molecule has 3 rings (SSSR count). The van der Waals surface area contributed by atoms with Crippen LogP contribution in [0.1, 0.15) is 49.7 Å². The highest BCUT2D eigenvalue weighted by molar-refractivity contribution is 5.32. The van der Waals surface area contributed by atoms with Crippen molar-refractivity contribution in [3.8, 4) is 0 Å². The maximum Gasteiger partial charge on any atom is 0.0208 e. The van der Waals surface area contributed by atoms with Gasteiger partial charge in [0.15, 0.2) is 0 Å². The molecule has 1 aromatic rings. The summed E-state index contributed by atoms with van der Waals surface area (Å²) in [4.78, 5) is 2.63. The Morgan fingerprint density at radius 3 is 2.70 bits per heavy atom. The molecule has 1 unspecified atom stereocenters. The molecule has 2 nitrogen and oxygen atoms in total. The summed E-state index contributed by atoms with van der Waals surface area (Å²) in [6, 6.07) is 9.77. The number of likely N-dealkylation sites (N-methyl/N-ethyl adjacent to an activating group) is 1. The van der Waals surface area contributed by atoms with Gasteiger partial charge >= 0.3 is 0 Å². The van der Waals surface area contributed by atoms with Crippen LogP contribution in [0.3, 0.4) is 0 Å². The molecule has 0 saturated heterocycles. The predicted molar refractivity (Wildman–Crippen MR) is 84.9 cm³/mol. The van der Waals surface area contributed by atoms with Gasteiger partial charge in [-0.2, -0.15) is 0 Å². The van der Waals surface area contributed by atoms with Crippen LogP contribution >= 0.6 is 0 Å². The van der Waals surface area contributed by atoms with Crippen molar-refractivity contribution in [2.45, 2.75) is 51.1 Å². The van der Waals surface area contributed by atoms with Crippen molar-refractivity contribution in [1.82, 2.24) is 10.2 Å². The molecule has 0 bridgehead atoms. The number of nitrogens with zero attached hydrogens (tertiary/aromatic N) is 1. The minimum atomic E-state index is 0.657. The van der Waals surface area contributed by atoms with E-state index in [1.165, 1.54) is 37.8 Å². The Bertz CT molecular complexity index is 435. The Balaban J connectivity index is 1.63. The molecule has 1 atom stereocenters. The van der Waals surface area contributed by atoms with Crippen molar-refractivity contribution in [2.75, 3.05) is 20.1 Å². The molecule has 0 amide bonds. The zero-order valence-electron chi connectivity index (χ0n) is 12.9. The molecule has 2 aliphatic rings. The van der Waals surface area contributed by atoms with Gasteiger partial charge in [0.2, 0.25) is 0 Å². The van der Waals surface area contributed by atoms with Gasteiger partial charge in [-0.15, -0.1) is 0 Å². The smallest absolute Gasteiger partial charge is 0.0208 e. The summed E-state index contributed by atoms with van der Waals surface area (Å²) in [5.41, 5.74) is 3.07. The molecule has 110 valence electrons. The maximum atomic E-state index is 3.58. The molecule has 1 heterocycles. The predicted octanol–water partition coefficient (Wildman–Crippen LogP) is 3.38. The summed E-state index contributed by atoms with van der Waals surface area (Å²) in [6.07, 6.45) is 5.60. The number of nitrogens with one attached hydrogen (secondary N) is 1. The van der Waals surface area contributed by atoms with Gasteiger partial charge in [0.1, 0.15) is 0 Å². The monoisotopic (exact) mass is 272 g/mol. The third-order valence-corrected chi connectivity index (χ3v) is 5.32. The van der Waals surface area contributed by atoms with Gasteiger partial charge in [0.25, 0.3) is 0 Å². The fourth-order valence-electron chi connectivity index (χ4n) is 3.93. The van der Waals surface area contributed by atoms with Crippen molar-refractivity contribution in [2.24, 2.45) is 5.92 Å². The summed E-state index contributed by atoms with van der Waals surface area (Å²) in [5.74, 6) is 1.60. The van der Waals surface area contributed by atoms with Gasteiger partial charge in [0, 0.05) is 31.6 Å². The number of fused-ring (bicyclic) bond motifs is 1. The molecular formula is C18H28N2. The summed E-state index contributed by atoms with van der Waals surface area (Å²) in [5, 5.41) is 3.58. The van der Waals surface area contributed by atoms with Crippen molar-refractivity contribution in [1.29, 1.82) is 0 Å². The molecule has 20 heavy (non-hydrogen) atoms. The average molecular weight is 272 g/mol. The average Bonchev–Trinajstić information content (AvgIpc) is 2.48. The van der Waals surface area contributed by atoms with Gasteiger partial charge in [-0.3, -0.25) is 0 Å². The molecule has 0 radical (unpaired) electrons. The quantitative estimate of drug-likeness (QED) is 0.907. The lowest BCUT2D eigenvalue weighted by Gasteiger charge is -2.37. The molecule has 1 aliphatic heterocycles. The first-order valence-corrected chi connectivity index (χ1v) is 8.23. The van der Waals surface area contributed by atoms with E-state index in [1.807, 2.05) is 0 Å². The fraction of sp³-hybridized carbons (Fsp3) is 0.667. The first-order chi connectivity index (χ1) is 9.74. The molecule has 2 heteroatoms. The lowest BCUT2D eigenvalue weighted by molar-refractivity contribution is 0.160. The minimum Gasteiger partial charge on any atom is -0.312 e. The summed E-state index contributed by atoms with van der Waals surface area (Å²) in [6.45, 7) is 5.77. The van der Waals surface area contributed by atoms with Crippen LogP contribution in [0.4, 0.5) is 0 Å². The Hall–Kier alpha value is -0.860. The van der Waals surface area contributed by atoms with Gasteiger partial charge in [-0.05, 0) is 49.8 Å². The SMILES string of the molecule is CC1CCC(N(C)CC2CNCc3ccccc32)CC1. The Kier molecular flexibility index (Phi) is 4.42. The van der Waals surface area contributed by atoms with E-state index in [2.05, 4.69) is 48.5 Å². The number of rotatable bonds is 3. The number of benzene rings is 1. The topological polar surface area (TPSA) is 15.3 Å². The van der Waals surface area contributed by atoms with Crippen LogP contribution in [0.5, 0.6) is 0 Å². The van der Waals surface area contributed by atoms with E-state index >= 15 is 0 Å². The highest BCUT2D eigenvalue weighted by Gasteiger charge is 2.26. The van der Waals surface area contributed by atoms with Gasteiger partial charge in [-0.1, -0.05) is 31.2 Å². The highest BCUT2D eigenvalue weighted by atomic mass is 15.1. The van der Waals surface area contributed by atoms with Crippen LogP contribution in [0.2, 0.25) is 0 Å². The van der Waals surface area contributed by atoms with Crippen LogP contribution in [0, 0.1) is 5.92 Å². The number of hydrogen-bond acceptors (Lipinski definition) is 2. The van der Waals surface area contributed by atoms with Crippen molar-refractivity contribution in [3.05, 3.63) is 35.4 Å². The normalized spacial score (nSPS) is 30.2. The van der Waals surface area contributed by atoms with E-state index < -0.39 is 0 Å². The van der Waals surface area contributed by atoms with Gasteiger partial charge < -0.3 is 10.2 Å². The van der Waals surface area contributed by atoms with E-state index in [4.69, 9.17) is 0 Å². The summed E-state index contributed by atoms with van der Waals surface area (Å²) >= 11 is 0. The molecule has 1 N–H and O–H groups in total. The first kappa shape index (κ1) is 14.1. The largest absolute Gasteiger partial charge is 0.312 e. The van der Waals surface area contributed by atoms with Crippen LogP contribution in [0.15, 0.2) is 24.3 Å². The Labute approximate surface area is 123 Å². The Morgan fingerprint density at radius 1 is 1.15 bits per heavy atom. The second kappa shape index (κ2) is 6.28. The Morgan fingerprint density at radius 2 is 1.90 bits per heavy atom. The van der Waals surface area contributed by atoms with E-state index in [1.54, 1.807) is 5.56 Å². The molecule has 0 aromatic heterocycles. The van der Waals surface area contributed by atoms with Crippen molar-refractivity contribution >= 4 is 0 Å². The van der Waals surface area contributed by atoms with Crippen LogP contribution in [0.25, 0.3) is 0 Å². The van der Waals surface area contributed by atoms with E-state index in [0.29, 0.717) is 5.92 Å². The summed E-state index contributed by atoms with van der Waals surface area (Å²) < 4.78 is 0. The van der Waals surface area contributed by atoms with E-state index in [0.717, 1.165) is 25.0 Å². The third-order valence-electron chi connectivity index (χ3n) is 5.32. The van der Waals surface area contributed by atoms with Crippen LogP contribution in [-0.4, -0.2) is 31.1 Å². The molecule has 1 fully saturated rings. The number of hydrogen-bond donors (Lipinski definition) is 1. The minimum absolute atomic E-state index is 0.657. The van der Waals surface area contributed by atoms with E-state index in [-0.39, 0.29) is 0 Å². The maximum absolute atomic E-state index is 3.58. The second-order valence-corrected chi connectivity index (χ2v) is 6.88. The molecule has 0 spiro atoms. The van der Waals surface area contributed by atoms with E-state index in [9.17, 15) is 0 Å². The highest BCUT2D eigenvalue weighted by Crippen LogP contribution is 2.29. The van der Waals surface area contributed by atoms with Gasteiger partial charge in [0.05, 0.1) is 0 Å². The third kappa shape index (κ3) is 3.07. The second-order valence-electron chi connectivity index (χ2n) is 6.88. The molecule has 1 aromatic carbocycles. The van der Waals surface area contributed by atoms with Crippen LogP contribution < -0.4 is 5.32 Å².